The number of nitrogens with zero attached hydrogens (tertiary/aromatic N) is 3. The van der Waals surface area contributed by atoms with E-state index in [9.17, 15) is 10.1 Å². The Morgan fingerprint density at radius 1 is 1.67 bits per heavy atom. The fourth-order valence-electron chi connectivity index (χ4n) is 1.26. The van der Waals surface area contributed by atoms with Gasteiger partial charge in [-0.05, 0) is 0 Å². The van der Waals surface area contributed by atoms with Crippen molar-refractivity contribution < 1.29 is 4.92 Å². The van der Waals surface area contributed by atoms with Crippen LogP contribution in [-0.2, 0) is 5.75 Å². The molecule has 11 heteroatoms. The van der Waals surface area contributed by atoms with E-state index in [1.165, 1.54) is 11.3 Å². The van der Waals surface area contributed by atoms with Crippen molar-refractivity contribution in [3.63, 3.8) is 0 Å². The normalized spacial score (nSPS) is 11.0. The summed E-state index contributed by atoms with van der Waals surface area (Å²) < 4.78 is 0. The largest absolute Gasteiger partial charge is 0.370 e. The van der Waals surface area contributed by atoms with Gasteiger partial charge in [-0.1, -0.05) is 0 Å². The lowest BCUT2D eigenvalue weighted by Gasteiger charge is -2.06. The average Bonchev–Trinajstić information content (AvgIpc) is 2.83. The van der Waals surface area contributed by atoms with Crippen LogP contribution in [-0.4, -0.2) is 35.2 Å². The first kappa shape index (κ1) is 17.0. The molecule has 1 rings (SSSR count). The van der Waals surface area contributed by atoms with Gasteiger partial charge in [-0.3, -0.25) is 10.1 Å². The summed E-state index contributed by atoms with van der Waals surface area (Å²) in [6.45, 7) is 0.607. The maximum atomic E-state index is 10.3. The number of nitro groups is 1. The van der Waals surface area contributed by atoms with Gasteiger partial charge in [0.25, 0.3) is 6.20 Å². The number of aliphatic imine (C=N–C) groups is 1. The van der Waals surface area contributed by atoms with E-state index in [2.05, 4.69) is 20.6 Å². The zero-order chi connectivity index (χ0) is 15.7. The first-order chi connectivity index (χ1) is 10.0. The molecule has 21 heavy (non-hydrogen) atoms. The molecule has 0 saturated carbocycles. The second-order valence-corrected chi connectivity index (χ2v) is 5.66. The summed E-state index contributed by atoms with van der Waals surface area (Å²) >= 11 is 3.03. The van der Waals surface area contributed by atoms with E-state index in [1.807, 2.05) is 5.38 Å². The molecule has 0 atom stereocenters. The first-order valence-electron chi connectivity index (χ1n) is 5.90. The summed E-state index contributed by atoms with van der Waals surface area (Å²) in [7, 11) is 1.62. The lowest BCUT2D eigenvalue weighted by atomic mass is 10.6. The van der Waals surface area contributed by atoms with Crippen molar-refractivity contribution in [1.82, 2.24) is 15.6 Å². The summed E-state index contributed by atoms with van der Waals surface area (Å²) in [5.74, 6) is 1.88. The molecule has 0 radical (unpaired) electrons. The van der Waals surface area contributed by atoms with E-state index < -0.39 is 4.92 Å². The van der Waals surface area contributed by atoms with Crippen molar-refractivity contribution in [2.24, 2.45) is 16.5 Å². The minimum Gasteiger partial charge on any atom is -0.370 e. The Bertz CT molecular complexity index is 525. The van der Waals surface area contributed by atoms with Crippen LogP contribution >= 0.6 is 23.1 Å². The van der Waals surface area contributed by atoms with Crippen LogP contribution in [0.25, 0.3) is 0 Å². The molecule has 6 N–H and O–H groups in total. The summed E-state index contributed by atoms with van der Waals surface area (Å²) in [4.78, 5) is 17.9. The van der Waals surface area contributed by atoms with Crippen molar-refractivity contribution in [3.8, 4) is 0 Å². The Hall–Kier alpha value is -2.01. The van der Waals surface area contributed by atoms with Crippen LogP contribution in [0.1, 0.15) is 5.69 Å². The van der Waals surface area contributed by atoms with E-state index in [1.54, 1.807) is 18.8 Å². The Labute approximate surface area is 130 Å². The summed E-state index contributed by atoms with van der Waals surface area (Å²) in [6, 6.07) is 0. The highest BCUT2D eigenvalue weighted by molar-refractivity contribution is 7.98. The van der Waals surface area contributed by atoms with Gasteiger partial charge in [0.2, 0.25) is 5.13 Å². The second-order valence-electron chi connectivity index (χ2n) is 3.72. The summed E-state index contributed by atoms with van der Waals surface area (Å²) in [5, 5.41) is 18.4. The molecule has 0 saturated heterocycles. The number of thioether (sulfide) groups is 1. The average molecular weight is 331 g/mol. The van der Waals surface area contributed by atoms with Gasteiger partial charge in [0.15, 0.2) is 11.8 Å². The van der Waals surface area contributed by atoms with Gasteiger partial charge in [-0.2, -0.15) is 16.8 Å². The zero-order valence-electron chi connectivity index (χ0n) is 11.4. The number of guanidine groups is 1. The van der Waals surface area contributed by atoms with Crippen molar-refractivity contribution in [3.05, 3.63) is 33.2 Å². The molecule has 0 amide bonds. The summed E-state index contributed by atoms with van der Waals surface area (Å²) in [6.07, 6.45) is 0.895. The SMILES string of the molecule is CN/C(=C\[N+](=O)[O-])NCCSCc1csc(N=C(N)N)n1. The Kier molecular flexibility index (Phi) is 7.32. The minimum absolute atomic E-state index is 0.00933. The van der Waals surface area contributed by atoms with E-state index in [4.69, 9.17) is 11.5 Å². The van der Waals surface area contributed by atoms with Crippen LogP contribution in [0.3, 0.4) is 0 Å². The van der Waals surface area contributed by atoms with Gasteiger partial charge in [-0.25, -0.2) is 4.98 Å². The standard InChI is InChI=1S/C10H17N7O2S2/c1-13-8(4-17(18)19)14-2-3-20-5-7-6-21-10(15-7)16-9(11)12/h4,6,13-14H,2-3,5H2,1H3,(H4,11,12,15,16)/b8-4+. The van der Waals surface area contributed by atoms with Crippen LogP contribution in [0.4, 0.5) is 5.13 Å². The van der Waals surface area contributed by atoms with Crippen LogP contribution in [0, 0.1) is 10.1 Å². The van der Waals surface area contributed by atoms with Crippen molar-refractivity contribution in [2.45, 2.75) is 5.75 Å². The third kappa shape index (κ3) is 7.37. The van der Waals surface area contributed by atoms with E-state index in [0.717, 1.165) is 23.4 Å². The van der Waals surface area contributed by atoms with Gasteiger partial charge in [0, 0.05) is 30.5 Å². The van der Waals surface area contributed by atoms with Crippen LogP contribution in [0.15, 0.2) is 22.4 Å². The molecule has 0 unspecified atom stereocenters. The molecule has 0 fully saturated rings. The fraction of sp³-hybridized carbons (Fsp3) is 0.400. The quantitative estimate of drug-likeness (QED) is 0.165. The topological polar surface area (TPSA) is 144 Å². The molecule has 0 aliphatic heterocycles. The third-order valence-electron chi connectivity index (χ3n) is 2.08. The molecule has 0 spiro atoms. The van der Waals surface area contributed by atoms with Gasteiger partial charge in [0.05, 0.1) is 10.6 Å². The number of aromatic nitrogens is 1. The van der Waals surface area contributed by atoms with Gasteiger partial charge >= 0.3 is 0 Å². The molecule has 1 aromatic heterocycles. The van der Waals surface area contributed by atoms with Gasteiger partial charge in [-0.15, -0.1) is 11.3 Å². The Balaban J connectivity index is 2.27. The third-order valence-corrected chi connectivity index (χ3v) is 3.86. The molecule has 9 nitrogen and oxygen atoms in total. The van der Waals surface area contributed by atoms with Crippen molar-refractivity contribution in [2.75, 3.05) is 19.3 Å². The molecule has 0 aromatic carbocycles. The van der Waals surface area contributed by atoms with Crippen LogP contribution < -0.4 is 22.1 Å². The Morgan fingerprint density at radius 3 is 3.05 bits per heavy atom. The summed E-state index contributed by atoms with van der Waals surface area (Å²) in [5.41, 5.74) is 11.4. The van der Waals surface area contributed by atoms with E-state index >= 15 is 0 Å². The predicted octanol–water partition coefficient (Wildman–Crippen LogP) is 0.166. The number of nitrogens with two attached hydrogens (primary N) is 2. The lowest BCUT2D eigenvalue weighted by Crippen LogP contribution is -2.26. The van der Waals surface area contributed by atoms with E-state index in [-0.39, 0.29) is 5.96 Å². The maximum absolute atomic E-state index is 10.3. The number of nitrogens with one attached hydrogen (secondary N) is 2. The first-order valence-corrected chi connectivity index (χ1v) is 7.93. The number of hydrogen-bond donors (Lipinski definition) is 4. The van der Waals surface area contributed by atoms with Gasteiger partial charge < -0.3 is 22.1 Å². The van der Waals surface area contributed by atoms with Gasteiger partial charge in [0.1, 0.15) is 0 Å². The Morgan fingerprint density at radius 2 is 2.43 bits per heavy atom. The highest BCUT2D eigenvalue weighted by Gasteiger charge is 2.02. The zero-order valence-corrected chi connectivity index (χ0v) is 13.0. The molecule has 1 heterocycles. The molecule has 1 aromatic rings. The van der Waals surface area contributed by atoms with Crippen molar-refractivity contribution in [1.29, 1.82) is 0 Å². The van der Waals surface area contributed by atoms with Crippen molar-refractivity contribution >= 4 is 34.2 Å². The van der Waals surface area contributed by atoms with E-state index in [0.29, 0.717) is 17.5 Å². The number of thiazole rings is 1. The fourth-order valence-corrected chi connectivity index (χ4v) is 2.82. The van der Waals surface area contributed by atoms with Crippen LogP contribution in [0.2, 0.25) is 0 Å². The smallest absolute Gasteiger partial charge is 0.274 e. The monoisotopic (exact) mass is 331 g/mol. The number of rotatable bonds is 9. The highest BCUT2D eigenvalue weighted by atomic mass is 32.2. The molecular formula is C10H17N7O2S2. The predicted molar refractivity (Wildman–Crippen MR) is 85.9 cm³/mol. The lowest BCUT2D eigenvalue weighted by molar-refractivity contribution is -0.404. The second kappa shape index (κ2) is 9.02. The maximum Gasteiger partial charge on any atom is 0.274 e. The highest BCUT2D eigenvalue weighted by Crippen LogP contribution is 2.21. The molecule has 0 aliphatic carbocycles. The minimum atomic E-state index is -0.507. The molecular weight excluding hydrogens is 314 g/mol. The molecule has 116 valence electrons. The molecule has 0 aliphatic rings. The van der Waals surface area contributed by atoms with Crippen LogP contribution in [0.5, 0.6) is 0 Å². The molecule has 0 bridgehead atoms. The number of hydrogen-bond acceptors (Lipinski definition) is 8.